The minimum Gasteiger partial charge on any atom is -0.457 e. The van der Waals surface area contributed by atoms with E-state index in [9.17, 15) is 9.59 Å². The second-order valence-electron chi connectivity index (χ2n) is 5.73. The number of carbonyl (C=O) groups excluding carboxylic acids is 2. The lowest BCUT2D eigenvalue weighted by atomic mass is 10.1. The summed E-state index contributed by atoms with van der Waals surface area (Å²) in [5, 5.41) is 3.19. The maximum atomic E-state index is 12.1. The van der Waals surface area contributed by atoms with Crippen LogP contribution in [0.25, 0.3) is 5.70 Å². The molecule has 0 aliphatic carbocycles. The zero-order chi connectivity index (χ0) is 17.5. The molecule has 1 N–H and O–H groups in total. The van der Waals surface area contributed by atoms with Crippen LogP contribution in [0.3, 0.4) is 0 Å². The van der Waals surface area contributed by atoms with Crippen LogP contribution in [0.15, 0.2) is 60.7 Å². The molecule has 0 heterocycles. The van der Waals surface area contributed by atoms with E-state index in [1.165, 1.54) is 6.08 Å². The number of carbonyl (C=O) groups is 2. The topological polar surface area (TPSA) is 55.4 Å². The highest BCUT2D eigenvalue weighted by Crippen LogP contribution is 2.19. The molecule has 24 heavy (non-hydrogen) atoms. The van der Waals surface area contributed by atoms with Gasteiger partial charge in [0.1, 0.15) is 0 Å². The van der Waals surface area contributed by atoms with Gasteiger partial charge in [-0.15, -0.1) is 0 Å². The molecular weight excluding hydrogens is 302 g/mol. The van der Waals surface area contributed by atoms with Gasteiger partial charge in [0.05, 0.1) is 6.10 Å². The van der Waals surface area contributed by atoms with Crippen molar-refractivity contribution in [3.63, 3.8) is 0 Å². The fourth-order valence-electron chi connectivity index (χ4n) is 2.06. The number of hydrogen-bond donors (Lipinski definition) is 1. The molecule has 0 atom stereocenters. The van der Waals surface area contributed by atoms with Crippen LogP contribution in [0.5, 0.6) is 0 Å². The highest BCUT2D eigenvalue weighted by Gasteiger charge is 2.16. The Morgan fingerprint density at radius 3 is 2.21 bits per heavy atom. The van der Waals surface area contributed by atoms with Gasteiger partial charge in [-0.25, -0.2) is 4.79 Å². The molecule has 0 unspecified atom stereocenters. The van der Waals surface area contributed by atoms with Gasteiger partial charge in [-0.05, 0) is 38.5 Å². The largest absolute Gasteiger partial charge is 0.457 e. The van der Waals surface area contributed by atoms with Gasteiger partial charge in [-0.1, -0.05) is 48.0 Å². The quantitative estimate of drug-likeness (QED) is 0.496. The first kappa shape index (κ1) is 17.5. The average Bonchev–Trinajstić information content (AvgIpc) is 2.56. The van der Waals surface area contributed by atoms with Gasteiger partial charge in [-0.2, -0.15) is 0 Å². The van der Waals surface area contributed by atoms with Crippen LogP contribution in [0.4, 0.5) is 5.69 Å². The third kappa shape index (κ3) is 5.09. The molecular formula is C20H21NO3. The van der Waals surface area contributed by atoms with Crippen LogP contribution in [0.1, 0.15) is 25.0 Å². The van der Waals surface area contributed by atoms with Crippen molar-refractivity contribution in [2.24, 2.45) is 0 Å². The number of ether oxygens (including phenoxy) is 1. The van der Waals surface area contributed by atoms with E-state index >= 15 is 0 Å². The summed E-state index contributed by atoms with van der Waals surface area (Å²) in [4.78, 5) is 23.9. The van der Waals surface area contributed by atoms with Gasteiger partial charge in [0.15, 0.2) is 0 Å². The summed E-state index contributed by atoms with van der Waals surface area (Å²) in [6.45, 7) is 5.41. The zero-order valence-corrected chi connectivity index (χ0v) is 14.1. The smallest absolute Gasteiger partial charge is 0.379 e. The predicted octanol–water partition coefficient (Wildman–Crippen LogP) is 3.97. The first-order chi connectivity index (χ1) is 11.5. The molecule has 0 aliphatic heterocycles. The van der Waals surface area contributed by atoms with Gasteiger partial charge >= 0.3 is 5.97 Å². The monoisotopic (exact) mass is 323 g/mol. The van der Waals surface area contributed by atoms with Crippen LogP contribution in [-0.4, -0.2) is 17.9 Å². The Kier molecular flexibility index (Phi) is 5.90. The number of aryl methyl sites for hydroxylation is 1. The van der Waals surface area contributed by atoms with Gasteiger partial charge < -0.3 is 10.1 Å². The number of hydrogen-bond acceptors (Lipinski definition) is 4. The first-order valence-corrected chi connectivity index (χ1v) is 7.81. The van der Waals surface area contributed by atoms with E-state index in [1.54, 1.807) is 13.8 Å². The highest BCUT2D eigenvalue weighted by molar-refractivity contribution is 6.39. The number of benzene rings is 2. The fraction of sp³-hybridized carbons (Fsp3) is 0.200. The Morgan fingerprint density at radius 1 is 1.00 bits per heavy atom. The third-order valence-electron chi connectivity index (χ3n) is 3.23. The molecule has 0 aliphatic rings. The Hall–Kier alpha value is -2.88. The number of ketones is 1. The molecule has 2 aromatic rings. The lowest BCUT2D eigenvalue weighted by Crippen LogP contribution is -2.20. The molecule has 4 heteroatoms. The van der Waals surface area contributed by atoms with Crippen molar-refractivity contribution in [3.8, 4) is 0 Å². The van der Waals surface area contributed by atoms with E-state index in [4.69, 9.17) is 4.74 Å². The van der Waals surface area contributed by atoms with Crippen LogP contribution in [0, 0.1) is 6.92 Å². The summed E-state index contributed by atoms with van der Waals surface area (Å²) < 4.78 is 4.95. The molecule has 0 saturated carbocycles. The average molecular weight is 323 g/mol. The van der Waals surface area contributed by atoms with Crippen LogP contribution >= 0.6 is 0 Å². The SMILES string of the molecule is Cc1ccc(NC(=CC(=O)C(=O)OC(C)C)c2ccccc2)cc1. The minimum atomic E-state index is -0.857. The van der Waals surface area contributed by atoms with Crippen LogP contribution in [-0.2, 0) is 14.3 Å². The van der Waals surface area contributed by atoms with E-state index in [-0.39, 0.29) is 6.10 Å². The van der Waals surface area contributed by atoms with E-state index in [2.05, 4.69) is 5.32 Å². The zero-order valence-electron chi connectivity index (χ0n) is 14.1. The summed E-state index contributed by atoms with van der Waals surface area (Å²) in [6, 6.07) is 17.2. The summed E-state index contributed by atoms with van der Waals surface area (Å²) in [5.41, 5.74) is 3.33. The molecule has 0 aromatic heterocycles. The summed E-state index contributed by atoms with van der Waals surface area (Å²) in [6.07, 6.45) is 0.944. The van der Waals surface area contributed by atoms with Crippen molar-refractivity contribution < 1.29 is 14.3 Å². The van der Waals surface area contributed by atoms with Gasteiger partial charge in [0.25, 0.3) is 5.78 Å². The molecule has 0 saturated heterocycles. The molecule has 124 valence electrons. The maximum absolute atomic E-state index is 12.1. The van der Waals surface area contributed by atoms with Crippen LogP contribution < -0.4 is 5.32 Å². The Labute approximate surface area is 142 Å². The van der Waals surface area contributed by atoms with Gasteiger partial charge in [0, 0.05) is 17.5 Å². The van der Waals surface area contributed by atoms with Crippen LogP contribution in [0.2, 0.25) is 0 Å². The van der Waals surface area contributed by atoms with Crippen molar-refractivity contribution in [2.45, 2.75) is 26.9 Å². The number of anilines is 1. The molecule has 2 aromatic carbocycles. The van der Waals surface area contributed by atoms with Gasteiger partial charge in [0.2, 0.25) is 0 Å². The molecule has 0 fully saturated rings. The number of esters is 1. The molecule has 0 bridgehead atoms. The van der Waals surface area contributed by atoms with Crippen molar-refractivity contribution >= 4 is 23.1 Å². The molecule has 2 rings (SSSR count). The highest BCUT2D eigenvalue weighted by atomic mass is 16.5. The van der Waals surface area contributed by atoms with E-state index < -0.39 is 11.8 Å². The maximum Gasteiger partial charge on any atom is 0.379 e. The number of nitrogens with one attached hydrogen (secondary N) is 1. The minimum absolute atomic E-state index is 0.333. The van der Waals surface area contributed by atoms with E-state index in [1.807, 2.05) is 61.5 Å². The standard InChI is InChI=1S/C20H21NO3/c1-14(2)24-20(23)19(22)13-18(16-7-5-4-6-8-16)21-17-11-9-15(3)10-12-17/h4-14,21H,1-3H3. The second kappa shape index (κ2) is 8.11. The summed E-state index contributed by atoms with van der Waals surface area (Å²) in [7, 11) is 0. The van der Waals surface area contributed by atoms with E-state index in [0.717, 1.165) is 16.8 Å². The summed E-state index contributed by atoms with van der Waals surface area (Å²) >= 11 is 0. The Bertz CT molecular complexity index is 731. The van der Waals surface area contributed by atoms with Crippen molar-refractivity contribution in [3.05, 3.63) is 71.8 Å². The Morgan fingerprint density at radius 2 is 1.62 bits per heavy atom. The van der Waals surface area contributed by atoms with Crippen molar-refractivity contribution in [1.82, 2.24) is 0 Å². The van der Waals surface area contributed by atoms with Crippen molar-refractivity contribution in [1.29, 1.82) is 0 Å². The molecule has 4 nitrogen and oxygen atoms in total. The summed E-state index contributed by atoms with van der Waals surface area (Å²) in [5.74, 6) is -1.55. The lowest BCUT2D eigenvalue weighted by molar-refractivity contribution is -0.154. The third-order valence-corrected chi connectivity index (χ3v) is 3.23. The van der Waals surface area contributed by atoms with E-state index in [0.29, 0.717) is 5.70 Å². The second-order valence-corrected chi connectivity index (χ2v) is 5.73. The number of rotatable bonds is 6. The molecule has 0 radical (unpaired) electrons. The van der Waals surface area contributed by atoms with Crippen molar-refractivity contribution in [2.75, 3.05) is 5.32 Å². The Balaban J connectivity index is 2.29. The molecule has 0 spiro atoms. The normalized spacial score (nSPS) is 11.2. The lowest BCUT2D eigenvalue weighted by Gasteiger charge is -2.12. The molecule has 0 amide bonds. The van der Waals surface area contributed by atoms with Gasteiger partial charge in [-0.3, -0.25) is 4.79 Å². The predicted molar refractivity (Wildman–Crippen MR) is 95.5 cm³/mol. The fourth-order valence-corrected chi connectivity index (χ4v) is 2.06. The first-order valence-electron chi connectivity index (χ1n) is 7.81.